The Morgan fingerprint density at radius 2 is 1.73 bits per heavy atom. The maximum Gasteiger partial charge on any atom is 0.261 e. The van der Waals surface area contributed by atoms with Crippen LogP contribution in [0.25, 0.3) is 0 Å². The van der Waals surface area contributed by atoms with Crippen molar-refractivity contribution in [3.05, 3.63) is 76.2 Å². The Hall–Kier alpha value is -3.24. The second-order valence-corrected chi connectivity index (χ2v) is 9.25. The number of rotatable bonds is 7. The molecule has 2 aromatic carbocycles. The average molecular weight is 448 g/mol. The lowest BCUT2D eigenvalue weighted by Gasteiger charge is -2.10. The van der Waals surface area contributed by atoms with E-state index in [1.54, 1.807) is 6.07 Å². The van der Waals surface area contributed by atoms with E-state index in [0.717, 1.165) is 10.9 Å². The second kappa shape index (κ2) is 9.06. The first-order valence-corrected chi connectivity index (χ1v) is 11.1. The van der Waals surface area contributed by atoms with Crippen LogP contribution >= 0.6 is 11.3 Å². The van der Waals surface area contributed by atoms with Gasteiger partial charge in [0.2, 0.25) is 5.91 Å². The zero-order chi connectivity index (χ0) is 21.7. The van der Waals surface area contributed by atoms with Crippen LogP contribution in [0, 0.1) is 12.7 Å². The summed E-state index contributed by atoms with van der Waals surface area (Å²) in [6.45, 7) is 1.66. The highest BCUT2D eigenvalue weighted by Gasteiger charge is 2.15. The smallest absolute Gasteiger partial charge is 0.261 e. The average Bonchev–Trinajstić information content (AvgIpc) is 3.13. The summed E-state index contributed by atoms with van der Waals surface area (Å²) in [7, 11) is -3.91. The van der Waals surface area contributed by atoms with Gasteiger partial charge in [-0.3, -0.25) is 14.3 Å². The van der Waals surface area contributed by atoms with Crippen LogP contribution in [0.15, 0.2) is 65.6 Å². The summed E-state index contributed by atoms with van der Waals surface area (Å²) in [6, 6.07) is 14.1. The van der Waals surface area contributed by atoms with E-state index in [1.165, 1.54) is 53.8 Å². The first kappa shape index (κ1) is 21.5. The van der Waals surface area contributed by atoms with Crippen LogP contribution in [0.3, 0.4) is 0 Å². The molecule has 0 saturated carbocycles. The highest BCUT2D eigenvalue weighted by Crippen LogP contribution is 2.19. The zero-order valence-electron chi connectivity index (χ0n) is 15.8. The van der Waals surface area contributed by atoms with Crippen molar-refractivity contribution in [2.75, 3.05) is 16.6 Å². The first-order valence-electron chi connectivity index (χ1n) is 8.76. The normalized spacial score (nSPS) is 11.0. The van der Waals surface area contributed by atoms with Gasteiger partial charge >= 0.3 is 0 Å². The van der Waals surface area contributed by atoms with Crippen LogP contribution < -0.4 is 15.4 Å². The van der Waals surface area contributed by atoms with Crippen molar-refractivity contribution in [3.63, 3.8) is 0 Å². The van der Waals surface area contributed by atoms with Gasteiger partial charge in [0.05, 0.1) is 22.0 Å². The van der Waals surface area contributed by atoms with Crippen molar-refractivity contribution in [1.29, 1.82) is 0 Å². The summed E-state index contributed by atoms with van der Waals surface area (Å²) in [5.41, 5.74) is 0.468. The van der Waals surface area contributed by atoms with Gasteiger partial charge in [-0.2, -0.15) is 0 Å². The third-order valence-corrected chi connectivity index (χ3v) is 6.30. The minimum Gasteiger partial charge on any atom is -0.342 e. The number of carbonyl (C=O) groups excluding carboxylic acids is 2. The molecule has 0 spiro atoms. The molecule has 3 aromatic rings. The molecule has 0 saturated heterocycles. The third-order valence-electron chi connectivity index (χ3n) is 3.90. The molecule has 1 heterocycles. The van der Waals surface area contributed by atoms with E-state index in [9.17, 15) is 22.4 Å². The predicted molar refractivity (Wildman–Crippen MR) is 114 cm³/mol. The number of carbonyl (C=O) groups is 2. The molecule has 2 amide bonds. The summed E-state index contributed by atoms with van der Waals surface area (Å²) in [5.74, 6) is -1.35. The van der Waals surface area contributed by atoms with Crippen LogP contribution in [0.4, 0.5) is 15.8 Å². The number of amides is 2. The van der Waals surface area contributed by atoms with Crippen molar-refractivity contribution in [1.82, 2.24) is 5.32 Å². The van der Waals surface area contributed by atoms with Crippen LogP contribution in [0.1, 0.15) is 14.5 Å². The monoisotopic (exact) mass is 447 g/mol. The van der Waals surface area contributed by atoms with Gasteiger partial charge in [-0.05, 0) is 61.5 Å². The first-order chi connectivity index (χ1) is 14.2. The molecule has 156 valence electrons. The van der Waals surface area contributed by atoms with Crippen molar-refractivity contribution in [2.24, 2.45) is 0 Å². The predicted octanol–water partition coefficient (Wildman–Crippen LogP) is 3.36. The summed E-state index contributed by atoms with van der Waals surface area (Å²) < 4.78 is 40.3. The number of aryl methyl sites for hydroxylation is 1. The van der Waals surface area contributed by atoms with E-state index in [4.69, 9.17) is 0 Å². The number of anilines is 2. The fourth-order valence-corrected chi connectivity index (χ4v) is 4.33. The summed E-state index contributed by atoms with van der Waals surface area (Å²) >= 11 is 1.33. The highest BCUT2D eigenvalue weighted by molar-refractivity contribution is 7.92. The van der Waals surface area contributed by atoms with Crippen LogP contribution in [-0.2, 0) is 14.8 Å². The maximum absolute atomic E-state index is 13.2. The number of hydrogen-bond acceptors (Lipinski definition) is 5. The Morgan fingerprint density at radius 1 is 1.00 bits per heavy atom. The topological polar surface area (TPSA) is 104 Å². The number of nitrogens with one attached hydrogen (secondary N) is 3. The molecule has 0 aliphatic carbocycles. The Balaban J connectivity index is 1.57. The second-order valence-electron chi connectivity index (χ2n) is 6.28. The Morgan fingerprint density at radius 3 is 2.37 bits per heavy atom. The summed E-state index contributed by atoms with van der Waals surface area (Å²) in [4.78, 5) is 25.4. The van der Waals surface area contributed by atoms with E-state index < -0.39 is 21.7 Å². The van der Waals surface area contributed by atoms with Crippen LogP contribution in [0.2, 0.25) is 0 Å². The number of hydrogen-bond donors (Lipinski definition) is 3. The minimum atomic E-state index is -3.91. The van der Waals surface area contributed by atoms with Gasteiger partial charge in [0.25, 0.3) is 15.9 Å². The van der Waals surface area contributed by atoms with Gasteiger partial charge in [0.1, 0.15) is 5.82 Å². The van der Waals surface area contributed by atoms with E-state index in [0.29, 0.717) is 10.6 Å². The van der Waals surface area contributed by atoms with Gasteiger partial charge in [-0.25, -0.2) is 12.8 Å². The molecule has 0 fully saturated rings. The third kappa shape index (κ3) is 5.65. The van der Waals surface area contributed by atoms with E-state index in [2.05, 4.69) is 15.4 Å². The summed E-state index contributed by atoms with van der Waals surface area (Å²) in [6.07, 6.45) is 0. The zero-order valence-corrected chi connectivity index (χ0v) is 17.4. The molecule has 7 nitrogen and oxygen atoms in total. The lowest BCUT2D eigenvalue weighted by molar-refractivity contribution is -0.115. The molecule has 30 heavy (non-hydrogen) atoms. The number of halogens is 1. The fourth-order valence-electron chi connectivity index (χ4n) is 2.49. The molecule has 10 heteroatoms. The molecule has 0 aliphatic heterocycles. The SMILES string of the molecule is Cc1ccc(C(=O)NCC(=O)Nc2ccc(S(=O)(=O)Nc3cccc(F)c3)cc2)s1. The van der Waals surface area contributed by atoms with Crippen molar-refractivity contribution in [2.45, 2.75) is 11.8 Å². The molecular weight excluding hydrogens is 429 g/mol. The van der Waals surface area contributed by atoms with Crippen molar-refractivity contribution in [3.8, 4) is 0 Å². The molecule has 1 aromatic heterocycles. The van der Waals surface area contributed by atoms with Gasteiger partial charge in [0, 0.05) is 10.6 Å². The molecule has 3 rings (SSSR count). The molecule has 0 atom stereocenters. The van der Waals surface area contributed by atoms with E-state index in [1.807, 2.05) is 13.0 Å². The minimum absolute atomic E-state index is 0.0499. The molecule has 0 aliphatic rings. The highest BCUT2D eigenvalue weighted by atomic mass is 32.2. The van der Waals surface area contributed by atoms with Gasteiger partial charge in [-0.15, -0.1) is 11.3 Å². The lowest BCUT2D eigenvalue weighted by Crippen LogP contribution is -2.32. The van der Waals surface area contributed by atoms with Crippen molar-refractivity contribution < 1.29 is 22.4 Å². The van der Waals surface area contributed by atoms with E-state index in [-0.39, 0.29) is 23.0 Å². The largest absolute Gasteiger partial charge is 0.342 e. The fraction of sp³-hybridized carbons (Fsp3) is 0.100. The maximum atomic E-state index is 13.2. The van der Waals surface area contributed by atoms with Crippen molar-refractivity contribution >= 4 is 44.5 Å². The standard InChI is InChI=1S/C20H18FN3O4S2/c1-13-5-10-18(29-13)20(26)22-12-19(25)23-15-6-8-17(9-7-15)30(27,28)24-16-4-2-3-14(21)11-16/h2-11,24H,12H2,1H3,(H,22,26)(H,23,25). The summed E-state index contributed by atoms with van der Waals surface area (Å²) in [5, 5.41) is 5.10. The van der Waals surface area contributed by atoms with Gasteiger partial charge in [0.15, 0.2) is 0 Å². The molecule has 3 N–H and O–H groups in total. The number of benzene rings is 2. The lowest BCUT2D eigenvalue weighted by atomic mass is 10.3. The molecular formula is C20H18FN3O4S2. The Labute approximate surface area is 177 Å². The molecule has 0 unspecified atom stereocenters. The van der Waals surface area contributed by atoms with E-state index >= 15 is 0 Å². The molecule has 0 radical (unpaired) electrons. The Kier molecular flexibility index (Phi) is 6.48. The van der Waals surface area contributed by atoms with Crippen LogP contribution in [-0.4, -0.2) is 26.8 Å². The van der Waals surface area contributed by atoms with Crippen LogP contribution in [0.5, 0.6) is 0 Å². The Bertz CT molecular complexity index is 1170. The van der Waals surface area contributed by atoms with Gasteiger partial charge in [-0.1, -0.05) is 6.07 Å². The molecule has 0 bridgehead atoms. The quantitative estimate of drug-likeness (QED) is 0.517. The van der Waals surface area contributed by atoms with Gasteiger partial charge < -0.3 is 10.6 Å². The number of thiophene rings is 1. The number of sulfonamides is 1.